The SMILES string of the molecule is Cc1[nH]nc(-c2noc(C)c2[N+](=O)[O-])c1[N+](=O)[O-]. The van der Waals surface area contributed by atoms with E-state index in [0.29, 0.717) is 0 Å². The van der Waals surface area contributed by atoms with Crippen LogP contribution in [0.1, 0.15) is 11.5 Å². The van der Waals surface area contributed by atoms with Gasteiger partial charge >= 0.3 is 11.4 Å². The Morgan fingerprint density at radius 3 is 2.28 bits per heavy atom. The topological polar surface area (TPSA) is 141 Å². The van der Waals surface area contributed by atoms with Crippen molar-refractivity contribution in [2.75, 3.05) is 0 Å². The van der Waals surface area contributed by atoms with Gasteiger partial charge in [0.1, 0.15) is 5.69 Å². The predicted molar refractivity (Wildman–Crippen MR) is 56.9 cm³/mol. The number of aromatic amines is 1. The first-order valence-electron chi connectivity index (χ1n) is 4.74. The molecule has 2 aromatic heterocycles. The van der Waals surface area contributed by atoms with Crippen LogP contribution in [0.4, 0.5) is 11.4 Å². The van der Waals surface area contributed by atoms with Gasteiger partial charge in [0.15, 0.2) is 5.69 Å². The number of H-pyrrole nitrogens is 1. The van der Waals surface area contributed by atoms with E-state index >= 15 is 0 Å². The zero-order chi connectivity index (χ0) is 13.4. The fourth-order valence-electron chi connectivity index (χ4n) is 1.55. The zero-order valence-electron chi connectivity index (χ0n) is 9.33. The summed E-state index contributed by atoms with van der Waals surface area (Å²) in [5.74, 6) is -0.0371. The minimum Gasteiger partial charge on any atom is -0.353 e. The Labute approximate surface area is 98.9 Å². The molecular weight excluding hydrogens is 246 g/mol. The van der Waals surface area contributed by atoms with E-state index < -0.39 is 15.5 Å². The minimum atomic E-state index is -0.713. The number of nitrogens with zero attached hydrogens (tertiary/aromatic N) is 4. The van der Waals surface area contributed by atoms with E-state index in [1.54, 1.807) is 0 Å². The van der Waals surface area contributed by atoms with Crippen molar-refractivity contribution in [1.29, 1.82) is 0 Å². The number of nitrogens with one attached hydrogen (secondary N) is 1. The van der Waals surface area contributed by atoms with Crippen LogP contribution in [0.5, 0.6) is 0 Å². The summed E-state index contributed by atoms with van der Waals surface area (Å²) in [6, 6.07) is 0. The highest BCUT2D eigenvalue weighted by atomic mass is 16.6. The third kappa shape index (κ3) is 1.59. The van der Waals surface area contributed by atoms with E-state index in [1.807, 2.05) is 0 Å². The fourth-order valence-corrected chi connectivity index (χ4v) is 1.55. The number of hydrogen-bond donors (Lipinski definition) is 1. The van der Waals surface area contributed by atoms with Gasteiger partial charge in [0, 0.05) is 6.92 Å². The van der Waals surface area contributed by atoms with Gasteiger partial charge in [-0.15, -0.1) is 0 Å². The molecule has 2 rings (SSSR count). The summed E-state index contributed by atoms with van der Waals surface area (Å²) < 4.78 is 4.69. The summed E-state index contributed by atoms with van der Waals surface area (Å²) in [4.78, 5) is 20.4. The van der Waals surface area contributed by atoms with Gasteiger partial charge in [-0.05, 0) is 6.92 Å². The molecule has 2 heterocycles. The van der Waals surface area contributed by atoms with Crippen molar-refractivity contribution >= 4 is 11.4 Å². The Bertz CT molecular complexity index is 586. The van der Waals surface area contributed by atoms with Crippen LogP contribution in [0, 0.1) is 34.1 Å². The molecule has 0 aliphatic carbocycles. The Morgan fingerprint density at radius 1 is 1.11 bits per heavy atom. The lowest BCUT2D eigenvalue weighted by atomic mass is 10.2. The quantitative estimate of drug-likeness (QED) is 0.644. The summed E-state index contributed by atoms with van der Waals surface area (Å²) in [5.41, 5.74) is -1.06. The van der Waals surface area contributed by atoms with Crippen LogP contribution in [0.3, 0.4) is 0 Å². The smallest absolute Gasteiger partial charge is 0.341 e. The molecule has 1 N–H and O–H groups in total. The van der Waals surface area contributed by atoms with Gasteiger partial charge in [-0.1, -0.05) is 5.16 Å². The molecule has 18 heavy (non-hydrogen) atoms. The second-order valence-electron chi connectivity index (χ2n) is 3.50. The molecule has 0 aromatic carbocycles. The van der Waals surface area contributed by atoms with Crippen LogP contribution in [0.15, 0.2) is 4.52 Å². The lowest BCUT2D eigenvalue weighted by molar-refractivity contribution is -0.387. The molecule has 94 valence electrons. The summed E-state index contributed by atoms with van der Waals surface area (Å²) in [7, 11) is 0. The molecule has 0 amide bonds. The Kier molecular flexibility index (Phi) is 2.54. The van der Waals surface area contributed by atoms with Gasteiger partial charge in [0.2, 0.25) is 11.5 Å². The molecule has 0 atom stereocenters. The Hall–Kier alpha value is -2.78. The average Bonchev–Trinajstić information content (AvgIpc) is 2.81. The molecule has 0 radical (unpaired) electrons. The van der Waals surface area contributed by atoms with Gasteiger partial charge in [0.05, 0.1) is 9.85 Å². The van der Waals surface area contributed by atoms with E-state index in [0.717, 1.165) is 0 Å². The van der Waals surface area contributed by atoms with Crippen molar-refractivity contribution < 1.29 is 14.4 Å². The normalized spacial score (nSPS) is 10.6. The molecule has 0 aliphatic heterocycles. The van der Waals surface area contributed by atoms with E-state index in [4.69, 9.17) is 0 Å². The highest BCUT2D eigenvalue weighted by Crippen LogP contribution is 2.36. The lowest BCUT2D eigenvalue weighted by Crippen LogP contribution is -1.95. The van der Waals surface area contributed by atoms with Crippen molar-refractivity contribution in [1.82, 2.24) is 15.4 Å². The van der Waals surface area contributed by atoms with Gasteiger partial charge in [-0.2, -0.15) is 5.10 Å². The summed E-state index contributed by atoms with van der Waals surface area (Å²) in [5, 5.41) is 31.3. The molecule has 0 bridgehead atoms. The maximum atomic E-state index is 10.9. The minimum absolute atomic E-state index is 0.0371. The first kappa shape index (κ1) is 11.7. The summed E-state index contributed by atoms with van der Waals surface area (Å²) >= 11 is 0. The predicted octanol–water partition coefficient (Wildman–Crippen LogP) is 1.50. The number of rotatable bonds is 3. The van der Waals surface area contributed by atoms with Crippen molar-refractivity contribution in [2.24, 2.45) is 0 Å². The summed E-state index contributed by atoms with van der Waals surface area (Å²) in [6.45, 7) is 2.79. The van der Waals surface area contributed by atoms with Crippen LogP contribution in [-0.2, 0) is 0 Å². The van der Waals surface area contributed by atoms with Crippen LogP contribution in [0.25, 0.3) is 11.4 Å². The number of hydrogen-bond acceptors (Lipinski definition) is 7. The second-order valence-corrected chi connectivity index (χ2v) is 3.50. The maximum Gasteiger partial charge on any atom is 0.341 e. The third-order valence-corrected chi connectivity index (χ3v) is 2.34. The number of aromatic nitrogens is 3. The van der Waals surface area contributed by atoms with Gasteiger partial charge in [-0.3, -0.25) is 25.3 Å². The largest absolute Gasteiger partial charge is 0.353 e. The fraction of sp³-hybridized carbons (Fsp3) is 0.250. The molecule has 10 nitrogen and oxygen atoms in total. The van der Waals surface area contributed by atoms with Crippen molar-refractivity contribution in [3.05, 3.63) is 31.7 Å². The van der Waals surface area contributed by atoms with E-state index in [1.165, 1.54) is 13.8 Å². The van der Waals surface area contributed by atoms with Gasteiger partial charge in [0.25, 0.3) is 0 Å². The van der Waals surface area contributed by atoms with Crippen LogP contribution in [0.2, 0.25) is 0 Å². The Balaban J connectivity index is 2.70. The van der Waals surface area contributed by atoms with Crippen molar-refractivity contribution in [3.8, 4) is 11.4 Å². The van der Waals surface area contributed by atoms with Crippen LogP contribution < -0.4 is 0 Å². The second kappa shape index (κ2) is 3.91. The summed E-state index contributed by atoms with van der Waals surface area (Å²) in [6.07, 6.45) is 0. The van der Waals surface area contributed by atoms with E-state index in [2.05, 4.69) is 19.9 Å². The van der Waals surface area contributed by atoms with Gasteiger partial charge in [-0.25, -0.2) is 0 Å². The highest BCUT2D eigenvalue weighted by Gasteiger charge is 2.34. The van der Waals surface area contributed by atoms with E-state index in [9.17, 15) is 20.2 Å². The molecule has 2 aromatic rings. The first-order chi connectivity index (χ1) is 8.43. The Morgan fingerprint density at radius 2 is 1.72 bits per heavy atom. The van der Waals surface area contributed by atoms with E-state index in [-0.39, 0.29) is 28.5 Å². The molecule has 0 spiro atoms. The zero-order valence-corrected chi connectivity index (χ0v) is 9.33. The van der Waals surface area contributed by atoms with Crippen molar-refractivity contribution in [3.63, 3.8) is 0 Å². The monoisotopic (exact) mass is 253 g/mol. The lowest BCUT2D eigenvalue weighted by Gasteiger charge is -1.91. The highest BCUT2D eigenvalue weighted by molar-refractivity contribution is 5.75. The average molecular weight is 253 g/mol. The molecule has 0 aliphatic rings. The van der Waals surface area contributed by atoms with Crippen molar-refractivity contribution in [2.45, 2.75) is 13.8 Å². The molecule has 0 saturated carbocycles. The standard InChI is InChI=1S/C8H7N5O5/c1-3-7(12(14)15)5(10-9-3)6-8(13(16)17)4(2)18-11-6/h1-2H3,(H,9,10). The molecule has 0 fully saturated rings. The molecule has 0 saturated heterocycles. The molecule has 0 unspecified atom stereocenters. The third-order valence-electron chi connectivity index (χ3n) is 2.34. The van der Waals surface area contributed by atoms with Crippen LogP contribution >= 0.6 is 0 Å². The van der Waals surface area contributed by atoms with Gasteiger partial charge < -0.3 is 4.52 Å². The van der Waals surface area contributed by atoms with Crippen LogP contribution in [-0.4, -0.2) is 25.2 Å². The number of nitro groups is 2. The number of aryl methyl sites for hydroxylation is 2. The molecular formula is C8H7N5O5. The first-order valence-corrected chi connectivity index (χ1v) is 4.74. The molecule has 10 heteroatoms. The maximum absolute atomic E-state index is 10.9.